The normalized spacial score (nSPS) is 12.7. The molecule has 122 valence electrons. The highest BCUT2D eigenvalue weighted by Crippen LogP contribution is 2.32. The molecule has 0 saturated heterocycles. The van der Waals surface area contributed by atoms with Crippen LogP contribution in [0.1, 0.15) is 22.6 Å². The Morgan fingerprint density at radius 1 is 0.840 bits per heavy atom. The van der Waals surface area contributed by atoms with Crippen molar-refractivity contribution in [2.45, 2.75) is 5.92 Å². The first kappa shape index (κ1) is 15.4. The van der Waals surface area contributed by atoms with E-state index in [-0.39, 0.29) is 11.7 Å². The minimum Gasteiger partial charge on any atom is -0.361 e. The van der Waals surface area contributed by atoms with Crippen LogP contribution in [0.15, 0.2) is 91.1 Å². The van der Waals surface area contributed by atoms with Crippen molar-refractivity contribution in [1.82, 2.24) is 4.98 Å². The number of aromatic nitrogens is 1. The number of fused-ring (bicyclic) bond motifs is 1. The quantitative estimate of drug-likeness (QED) is 0.462. The van der Waals surface area contributed by atoms with Gasteiger partial charge in [-0.2, -0.15) is 0 Å². The molecule has 0 amide bonds. The molecule has 4 aromatic rings. The average Bonchev–Trinajstić information content (AvgIpc) is 3.07. The summed E-state index contributed by atoms with van der Waals surface area (Å²) in [4.78, 5) is 3.26. The largest absolute Gasteiger partial charge is 0.361 e. The van der Waals surface area contributed by atoms with Gasteiger partial charge in [0, 0.05) is 23.0 Å². The molecular weight excluding hydrogens is 309 g/mol. The molecule has 0 aliphatic heterocycles. The van der Waals surface area contributed by atoms with Gasteiger partial charge in [0.2, 0.25) is 0 Å². The van der Waals surface area contributed by atoms with E-state index in [1.165, 1.54) is 11.6 Å². The third-order valence-corrected chi connectivity index (χ3v) is 4.45. The van der Waals surface area contributed by atoms with Gasteiger partial charge in [-0.05, 0) is 34.9 Å². The molecule has 0 fully saturated rings. The lowest BCUT2D eigenvalue weighted by Crippen LogP contribution is -1.97. The Bertz CT molecular complexity index is 1000. The molecule has 0 aliphatic carbocycles. The molecule has 1 atom stereocenters. The van der Waals surface area contributed by atoms with E-state index in [9.17, 15) is 4.39 Å². The van der Waals surface area contributed by atoms with E-state index < -0.39 is 0 Å². The fourth-order valence-corrected chi connectivity index (χ4v) is 3.20. The van der Waals surface area contributed by atoms with Gasteiger partial charge in [-0.25, -0.2) is 4.39 Å². The number of aromatic amines is 1. The molecule has 25 heavy (non-hydrogen) atoms. The average molecular weight is 327 g/mol. The van der Waals surface area contributed by atoms with Crippen molar-refractivity contribution in [1.29, 1.82) is 0 Å². The van der Waals surface area contributed by atoms with Crippen LogP contribution in [-0.2, 0) is 0 Å². The Balaban J connectivity index is 1.82. The smallest absolute Gasteiger partial charge is 0.123 e. The van der Waals surface area contributed by atoms with Crippen LogP contribution in [0.2, 0.25) is 0 Å². The maximum absolute atomic E-state index is 13.8. The second-order valence-electron chi connectivity index (χ2n) is 6.09. The standard InChI is InChI=1S/C23H18FN/c24-19-12-14-23-21(15-19)22(16-25-23)20(18-9-5-2-6-10-18)13-11-17-7-3-1-4-8-17/h1-16,20,25H/b13-11+/t20-/m1/s1. The summed E-state index contributed by atoms with van der Waals surface area (Å²) in [6.07, 6.45) is 6.28. The number of allylic oxidation sites excluding steroid dienone is 1. The summed E-state index contributed by atoms with van der Waals surface area (Å²) in [5, 5.41) is 0.923. The van der Waals surface area contributed by atoms with Crippen molar-refractivity contribution in [2.24, 2.45) is 0 Å². The minimum atomic E-state index is -0.216. The van der Waals surface area contributed by atoms with Crippen LogP contribution in [-0.4, -0.2) is 4.98 Å². The number of nitrogens with one attached hydrogen (secondary N) is 1. The molecule has 3 aromatic carbocycles. The second-order valence-corrected chi connectivity index (χ2v) is 6.09. The van der Waals surface area contributed by atoms with Crippen molar-refractivity contribution in [3.63, 3.8) is 0 Å². The maximum Gasteiger partial charge on any atom is 0.123 e. The SMILES string of the molecule is Fc1ccc2[nH]cc([C@H](/C=C/c3ccccc3)c3ccccc3)c2c1. The van der Waals surface area contributed by atoms with E-state index in [0.29, 0.717) is 0 Å². The molecule has 0 unspecified atom stereocenters. The van der Waals surface area contributed by atoms with E-state index in [4.69, 9.17) is 0 Å². The molecule has 1 N–H and O–H groups in total. The first-order valence-electron chi connectivity index (χ1n) is 8.36. The van der Waals surface area contributed by atoms with Gasteiger partial charge in [-0.1, -0.05) is 72.8 Å². The van der Waals surface area contributed by atoms with E-state index in [1.54, 1.807) is 12.1 Å². The first-order valence-corrected chi connectivity index (χ1v) is 8.36. The zero-order chi connectivity index (χ0) is 17.1. The van der Waals surface area contributed by atoms with Crippen LogP contribution >= 0.6 is 0 Å². The summed E-state index contributed by atoms with van der Waals surface area (Å²) in [7, 11) is 0. The van der Waals surface area contributed by atoms with E-state index in [2.05, 4.69) is 41.4 Å². The Hall–Kier alpha value is -3.13. The molecule has 0 bridgehead atoms. The predicted molar refractivity (Wildman–Crippen MR) is 102 cm³/mol. The highest BCUT2D eigenvalue weighted by atomic mass is 19.1. The zero-order valence-electron chi connectivity index (χ0n) is 13.7. The summed E-state index contributed by atoms with van der Waals surface area (Å²) >= 11 is 0. The van der Waals surface area contributed by atoms with Crippen molar-refractivity contribution in [3.05, 3.63) is 114 Å². The third-order valence-electron chi connectivity index (χ3n) is 4.45. The summed E-state index contributed by atoms with van der Waals surface area (Å²) in [5.41, 5.74) is 4.35. The van der Waals surface area contributed by atoms with Gasteiger partial charge in [0.1, 0.15) is 5.82 Å². The molecule has 0 saturated carbocycles. The van der Waals surface area contributed by atoms with Crippen LogP contribution in [0.3, 0.4) is 0 Å². The van der Waals surface area contributed by atoms with Crippen molar-refractivity contribution < 1.29 is 4.39 Å². The van der Waals surface area contributed by atoms with E-state index >= 15 is 0 Å². The number of benzene rings is 3. The number of halogens is 1. The molecule has 2 heteroatoms. The Morgan fingerprint density at radius 3 is 2.32 bits per heavy atom. The molecular formula is C23H18FN. The van der Waals surface area contributed by atoms with Crippen LogP contribution in [0.25, 0.3) is 17.0 Å². The Morgan fingerprint density at radius 2 is 1.56 bits per heavy atom. The Kier molecular flexibility index (Phi) is 4.17. The first-order chi connectivity index (χ1) is 12.3. The fraction of sp³-hybridized carbons (Fsp3) is 0.0435. The van der Waals surface area contributed by atoms with Crippen molar-refractivity contribution in [3.8, 4) is 0 Å². The molecule has 0 spiro atoms. The number of hydrogen-bond acceptors (Lipinski definition) is 0. The van der Waals surface area contributed by atoms with Gasteiger partial charge in [0.05, 0.1) is 0 Å². The molecule has 1 nitrogen and oxygen atoms in total. The lowest BCUT2D eigenvalue weighted by Gasteiger charge is -2.13. The second kappa shape index (κ2) is 6.78. The minimum absolute atomic E-state index is 0.0527. The highest BCUT2D eigenvalue weighted by Gasteiger charge is 2.15. The molecule has 0 radical (unpaired) electrons. The van der Waals surface area contributed by atoms with E-state index in [1.807, 2.05) is 42.6 Å². The van der Waals surface area contributed by atoms with Gasteiger partial charge in [0.15, 0.2) is 0 Å². The lowest BCUT2D eigenvalue weighted by atomic mass is 9.90. The Labute approximate surface area is 146 Å². The van der Waals surface area contributed by atoms with Gasteiger partial charge in [-0.3, -0.25) is 0 Å². The van der Waals surface area contributed by atoms with Crippen LogP contribution in [0.4, 0.5) is 4.39 Å². The number of hydrogen-bond donors (Lipinski definition) is 1. The van der Waals surface area contributed by atoms with Gasteiger partial charge in [-0.15, -0.1) is 0 Å². The lowest BCUT2D eigenvalue weighted by molar-refractivity contribution is 0.629. The highest BCUT2D eigenvalue weighted by molar-refractivity contribution is 5.84. The van der Waals surface area contributed by atoms with Gasteiger partial charge < -0.3 is 4.98 Å². The molecule has 0 aliphatic rings. The zero-order valence-corrected chi connectivity index (χ0v) is 13.7. The number of H-pyrrole nitrogens is 1. The molecule has 1 heterocycles. The summed E-state index contributed by atoms with van der Waals surface area (Å²) in [6.45, 7) is 0. The molecule has 4 rings (SSSR count). The van der Waals surface area contributed by atoms with Gasteiger partial charge >= 0.3 is 0 Å². The maximum atomic E-state index is 13.8. The number of rotatable bonds is 4. The summed E-state index contributed by atoms with van der Waals surface area (Å²) in [5.74, 6) is -0.163. The van der Waals surface area contributed by atoms with Crippen LogP contribution < -0.4 is 0 Å². The summed E-state index contributed by atoms with van der Waals surface area (Å²) < 4.78 is 13.8. The monoisotopic (exact) mass is 327 g/mol. The predicted octanol–water partition coefficient (Wildman–Crippen LogP) is 6.15. The van der Waals surface area contributed by atoms with E-state index in [0.717, 1.165) is 22.0 Å². The third kappa shape index (κ3) is 3.24. The van der Waals surface area contributed by atoms with Crippen molar-refractivity contribution >= 4 is 17.0 Å². The summed E-state index contributed by atoms with van der Waals surface area (Å²) in [6, 6.07) is 25.4. The van der Waals surface area contributed by atoms with Crippen LogP contribution in [0, 0.1) is 5.82 Å². The van der Waals surface area contributed by atoms with Gasteiger partial charge in [0.25, 0.3) is 0 Å². The fourth-order valence-electron chi connectivity index (χ4n) is 3.20. The topological polar surface area (TPSA) is 15.8 Å². The molecule has 1 aromatic heterocycles. The van der Waals surface area contributed by atoms with Crippen LogP contribution in [0.5, 0.6) is 0 Å². The van der Waals surface area contributed by atoms with Crippen molar-refractivity contribution in [2.75, 3.05) is 0 Å².